The molecule has 142 valence electrons. The summed E-state index contributed by atoms with van der Waals surface area (Å²) in [6.45, 7) is 0.601. The van der Waals surface area contributed by atoms with E-state index in [4.69, 9.17) is 27.9 Å². The van der Waals surface area contributed by atoms with E-state index >= 15 is 0 Å². The topological polar surface area (TPSA) is 29.5 Å². The van der Waals surface area contributed by atoms with Crippen LogP contribution in [0.2, 0.25) is 0 Å². The molecule has 3 rings (SSSR count). The van der Waals surface area contributed by atoms with Crippen molar-refractivity contribution in [1.29, 1.82) is 0 Å². The first-order chi connectivity index (χ1) is 12.2. The zero-order valence-electron chi connectivity index (χ0n) is 13.8. The van der Waals surface area contributed by atoms with Crippen LogP contribution < -0.4 is 0 Å². The first kappa shape index (κ1) is 19.5. The van der Waals surface area contributed by atoms with Gasteiger partial charge in [-0.25, -0.2) is 4.79 Å². The summed E-state index contributed by atoms with van der Waals surface area (Å²) in [4.78, 5) is 14.2. The highest BCUT2D eigenvalue weighted by Gasteiger charge is 2.47. The van der Waals surface area contributed by atoms with Crippen LogP contribution in [-0.4, -0.2) is 41.2 Å². The molecule has 1 fully saturated rings. The van der Waals surface area contributed by atoms with Crippen molar-refractivity contribution in [3.63, 3.8) is 0 Å². The molecule has 1 saturated heterocycles. The van der Waals surface area contributed by atoms with Crippen molar-refractivity contribution in [3.05, 3.63) is 47.0 Å². The van der Waals surface area contributed by atoms with Gasteiger partial charge < -0.3 is 4.74 Å². The third-order valence-electron chi connectivity index (χ3n) is 4.89. The maximum atomic E-state index is 12.8. The van der Waals surface area contributed by atoms with Crippen molar-refractivity contribution < 1.29 is 22.7 Å². The van der Waals surface area contributed by atoms with Crippen LogP contribution in [0.15, 0.2) is 41.4 Å². The van der Waals surface area contributed by atoms with E-state index in [9.17, 15) is 18.0 Å². The van der Waals surface area contributed by atoms with E-state index in [0.29, 0.717) is 18.7 Å². The van der Waals surface area contributed by atoms with Crippen molar-refractivity contribution >= 4 is 29.2 Å². The number of alkyl halides is 4. The number of likely N-dealkylation sites (tertiary alicyclic amines) is 1. The molecule has 0 spiro atoms. The van der Waals surface area contributed by atoms with Gasteiger partial charge in [0.05, 0.1) is 16.5 Å². The summed E-state index contributed by atoms with van der Waals surface area (Å²) < 4.78 is 43.8. The average molecular weight is 408 g/mol. The second kappa shape index (κ2) is 7.41. The lowest BCUT2D eigenvalue weighted by Crippen LogP contribution is -2.44. The Morgan fingerprint density at radius 3 is 2.38 bits per heavy atom. The average Bonchev–Trinajstić information content (AvgIpc) is 2.90. The molecule has 0 saturated carbocycles. The Labute approximate surface area is 159 Å². The van der Waals surface area contributed by atoms with Crippen LogP contribution in [0.1, 0.15) is 29.6 Å². The number of carbonyl (C=O) groups excluding carboxylic acids is 1. The predicted octanol–water partition coefficient (Wildman–Crippen LogP) is 4.95. The lowest BCUT2D eigenvalue weighted by atomic mass is 9.95. The van der Waals surface area contributed by atoms with Crippen molar-refractivity contribution in [2.75, 3.05) is 13.1 Å². The Morgan fingerprint density at radius 2 is 1.81 bits per heavy atom. The van der Waals surface area contributed by atoms with E-state index in [0.717, 1.165) is 0 Å². The normalized spacial score (nSPS) is 28.0. The van der Waals surface area contributed by atoms with Crippen molar-refractivity contribution in [3.8, 4) is 0 Å². The highest BCUT2D eigenvalue weighted by atomic mass is 35.5. The van der Waals surface area contributed by atoms with Gasteiger partial charge in [0.25, 0.3) is 0 Å². The van der Waals surface area contributed by atoms with Gasteiger partial charge in [-0.05, 0) is 44.1 Å². The molecule has 8 heteroatoms. The maximum Gasteiger partial charge on any atom is 0.391 e. The maximum absolute atomic E-state index is 12.8. The van der Waals surface area contributed by atoms with Gasteiger partial charge in [0.1, 0.15) is 0 Å². The zero-order valence-corrected chi connectivity index (χ0v) is 15.3. The summed E-state index contributed by atoms with van der Waals surface area (Å²) in [6, 6.07) is 8.14. The number of halogens is 5. The SMILES string of the molecule is O=C(OC1(Cl)CC(N2CCC(C(F)(F)F)CC2)C=C1Cl)c1ccccc1. The van der Waals surface area contributed by atoms with E-state index in [2.05, 4.69) is 0 Å². The van der Waals surface area contributed by atoms with Gasteiger partial charge in [-0.2, -0.15) is 13.2 Å². The molecular formula is C18H18Cl2F3NO2. The molecule has 1 aliphatic heterocycles. The Morgan fingerprint density at radius 1 is 1.19 bits per heavy atom. The van der Waals surface area contributed by atoms with E-state index in [1.165, 1.54) is 0 Å². The van der Waals surface area contributed by atoms with Gasteiger partial charge in [-0.3, -0.25) is 4.90 Å². The summed E-state index contributed by atoms with van der Waals surface area (Å²) in [6.07, 6.45) is -2.19. The largest absolute Gasteiger partial charge is 0.434 e. The van der Waals surface area contributed by atoms with E-state index < -0.39 is 23.1 Å². The molecule has 2 atom stereocenters. The fraction of sp³-hybridized carbons (Fsp3) is 0.500. The smallest absolute Gasteiger partial charge is 0.391 e. The molecule has 1 aliphatic carbocycles. The number of rotatable bonds is 3. The Kier molecular flexibility index (Phi) is 5.56. The van der Waals surface area contributed by atoms with Crippen LogP contribution >= 0.6 is 23.2 Å². The molecule has 3 nitrogen and oxygen atoms in total. The number of nitrogens with zero attached hydrogens (tertiary/aromatic N) is 1. The predicted molar refractivity (Wildman–Crippen MR) is 93.1 cm³/mol. The van der Waals surface area contributed by atoms with E-state index in [1.54, 1.807) is 36.4 Å². The van der Waals surface area contributed by atoms with Gasteiger partial charge >= 0.3 is 12.1 Å². The van der Waals surface area contributed by atoms with Crippen molar-refractivity contribution in [2.24, 2.45) is 5.92 Å². The number of hydrogen-bond donors (Lipinski definition) is 0. The summed E-state index contributed by atoms with van der Waals surface area (Å²) >= 11 is 12.6. The van der Waals surface area contributed by atoms with Gasteiger partial charge in [0.2, 0.25) is 5.06 Å². The summed E-state index contributed by atoms with van der Waals surface area (Å²) in [5.74, 6) is -1.86. The molecule has 1 heterocycles. The van der Waals surface area contributed by atoms with Gasteiger partial charge in [-0.1, -0.05) is 41.4 Å². The monoisotopic (exact) mass is 407 g/mol. The molecule has 0 amide bonds. The van der Waals surface area contributed by atoms with Gasteiger partial charge in [0, 0.05) is 12.5 Å². The second-order valence-electron chi connectivity index (χ2n) is 6.62. The van der Waals surface area contributed by atoms with Crippen LogP contribution in [0.3, 0.4) is 0 Å². The van der Waals surface area contributed by atoms with Crippen molar-refractivity contribution in [2.45, 2.75) is 36.5 Å². The van der Waals surface area contributed by atoms with Crippen LogP contribution in [0.25, 0.3) is 0 Å². The third kappa shape index (κ3) is 4.18. The fourth-order valence-corrected chi connectivity index (χ4v) is 3.93. The number of hydrogen-bond acceptors (Lipinski definition) is 3. The molecule has 0 bridgehead atoms. The minimum absolute atomic E-state index is 0.0462. The van der Waals surface area contributed by atoms with Crippen LogP contribution in [-0.2, 0) is 4.74 Å². The van der Waals surface area contributed by atoms with Crippen LogP contribution in [0, 0.1) is 5.92 Å². The van der Waals surface area contributed by atoms with E-state index in [1.807, 2.05) is 4.90 Å². The molecule has 1 aromatic rings. The number of piperidine rings is 1. The number of ether oxygens (including phenoxy) is 1. The molecule has 2 unspecified atom stereocenters. The Bertz CT molecular complexity index is 687. The second-order valence-corrected chi connectivity index (χ2v) is 7.64. The quantitative estimate of drug-likeness (QED) is 0.524. The minimum atomic E-state index is -4.16. The first-order valence-corrected chi connectivity index (χ1v) is 9.10. The summed E-state index contributed by atoms with van der Waals surface area (Å²) in [5.41, 5.74) is 0.353. The molecule has 0 aromatic heterocycles. The highest BCUT2D eigenvalue weighted by molar-refractivity contribution is 6.39. The van der Waals surface area contributed by atoms with Gasteiger partial charge in [-0.15, -0.1) is 0 Å². The zero-order chi connectivity index (χ0) is 18.9. The Balaban J connectivity index is 1.62. The molecule has 0 radical (unpaired) electrons. The lowest BCUT2D eigenvalue weighted by molar-refractivity contribution is -0.185. The summed E-state index contributed by atoms with van der Waals surface area (Å²) in [5, 5.41) is -1.30. The van der Waals surface area contributed by atoms with E-state index in [-0.39, 0.29) is 30.3 Å². The van der Waals surface area contributed by atoms with Crippen LogP contribution in [0.4, 0.5) is 13.2 Å². The lowest BCUT2D eigenvalue weighted by Gasteiger charge is -2.36. The summed E-state index contributed by atoms with van der Waals surface area (Å²) in [7, 11) is 0. The Hall–Kier alpha value is -1.24. The molecule has 26 heavy (non-hydrogen) atoms. The molecule has 1 aromatic carbocycles. The molecular weight excluding hydrogens is 390 g/mol. The number of esters is 1. The number of carbonyl (C=O) groups is 1. The van der Waals surface area contributed by atoms with Crippen LogP contribution in [0.5, 0.6) is 0 Å². The fourth-order valence-electron chi connectivity index (χ4n) is 3.38. The standard InChI is InChI=1S/C18H18Cl2F3NO2/c19-15-10-14(24-8-6-13(7-9-24)18(21,22)23)11-17(15,20)26-16(25)12-4-2-1-3-5-12/h1-5,10,13-14H,6-9,11H2. The van der Waals surface area contributed by atoms with Crippen molar-refractivity contribution in [1.82, 2.24) is 4.90 Å². The first-order valence-electron chi connectivity index (χ1n) is 8.35. The third-order valence-corrected chi connectivity index (χ3v) is 5.86. The molecule has 0 N–H and O–H groups in total. The highest BCUT2D eigenvalue weighted by Crippen LogP contribution is 2.44. The van der Waals surface area contributed by atoms with Gasteiger partial charge in [0.15, 0.2) is 0 Å². The molecule has 2 aliphatic rings. The number of benzene rings is 1. The minimum Gasteiger partial charge on any atom is -0.434 e.